The molecular weight excluding hydrogens is 366 g/mol. The fourth-order valence-electron chi connectivity index (χ4n) is 5.05. The van der Waals surface area contributed by atoms with E-state index < -0.39 is 5.54 Å². The molecule has 2 atom stereocenters. The number of carbonyl (C=O) groups excluding carboxylic acids is 2. The second-order valence-corrected chi connectivity index (χ2v) is 9.13. The Hall–Kier alpha value is -1.99. The van der Waals surface area contributed by atoms with E-state index in [1.165, 1.54) is 0 Å². The van der Waals surface area contributed by atoms with Gasteiger partial charge in [0.05, 0.1) is 18.3 Å². The summed E-state index contributed by atoms with van der Waals surface area (Å²) in [6.45, 7) is 8.62. The number of nitrogens with zero attached hydrogens (tertiary/aromatic N) is 4. The van der Waals surface area contributed by atoms with Crippen LogP contribution in [0.4, 0.5) is 0 Å². The normalized spacial score (nSPS) is 27.9. The van der Waals surface area contributed by atoms with Gasteiger partial charge in [0.25, 0.3) is 0 Å². The quantitative estimate of drug-likeness (QED) is 0.825. The Morgan fingerprint density at radius 2 is 1.86 bits per heavy atom. The van der Waals surface area contributed by atoms with Crippen molar-refractivity contribution >= 4 is 11.8 Å². The number of fused-ring (bicyclic) bond motifs is 1. The van der Waals surface area contributed by atoms with Crippen LogP contribution >= 0.6 is 0 Å². The van der Waals surface area contributed by atoms with Crippen LogP contribution in [0.15, 0.2) is 24.4 Å². The van der Waals surface area contributed by atoms with E-state index in [0.717, 1.165) is 64.1 Å². The summed E-state index contributed by atoms with van der Waals surface area (Å²) in [4.78, 5) is 36.9. The number of aromatic nitrogens is 1. The van der Waals surface area contributed by atoms with Crippen LogP contribution in [0.1, 0.15) is 45.2 Å². The molecule has 0 unspecified atom stereocenters. The van der Waals surface area contributed by atoms with Gasteiger partial charge in [-0.05, 0) is 38.8 Å². The Morgan fingerprint density at radius 3 is 2.59 bits per heavy atom. The van der Waals surface area contributed by atoms with Crippen molar-refractivity contribution in [3.63, 3.8) is 0 Å². The highest BCUT2D eigenvalue weighted by molar-refractivity contribution is 5.93. The molecule has 2 saturated heterocycles. The number of carbonyl (C=O) groups is 2. The lowest BCUT2D eigenvalue weighted by Gasteiger charge is -2.52. The van der Waals surface area contributed by atoms with Crippen molar-refractivity contribution in [3.8, 4) is 0 Å². The topological polar surface area (TPSA) is 68.8 Å². The maximum absolute atomic E-state index is 13.3. The van der Waals surface area contributed by atoms with Crippen LogP contribution in [0.2, 0.25) is 0 Å². The monoisotopic (exact) mass is 399 g/mol. The summed E-state index contributed by atoms with van der Waals surface area (Å²) in [5.41, 5.74) is 0.303. The first kappa shape index (κ1) is 20.3. The Labute approximate surface area is 173 Å². The molecular formula is C22H33N5O2. The number of hydrogen-bond donors (Lipinski definition) is 1. The van der Waals surface area contributed by atoms with E-state index in [4.69, 9.17) is 0 Å². The highest BCUT2D eigenvalue weighted by Gasteiger charge is 2.50. The van der Waals surface area contributed by atoms with Crippen LogP contribution in [-0.2, 0) is 16.1 Å². The molecule has 7 nitrogen and oxygen atoms in total. The second kappa shape index (κ2) is 8.40. The van der Waals surface area contributed by atoms with Gasteiger partial charge in [-0.25, -0.2) is 0 Å². The molecule has 2 aliphatic heterocycles. The summed E-state index contributed by atoms with van der Waals surface area (Å²) < 4.78 is 0. The largest absolute Gasteiger partial charge is 0.349 e. The molecule has 1 aromatic heterocycles. The molecule has 3 heterocycles. The van der Waals surface area contributed by atoms with Crippen LogP contribution < -0.4 is 5.32 Å². The van der Waals surface area contributed by atoms with E-state index in [9.17, 15) is 9.59 Å². The van der Waals surface area contributed by atoms with Crippen molar-refractivity contribution in [3.05, 3.63) is 30.1 Å². The zero-order chi connectivity index (χ0) is 20.4. The average Bonchev–Trinajstić information content (AvgIpc) is 2.71. The smallest absolute Gasteiger partial charge is 0.245 e. The molecule has 7 heteroatoms. The van der Waals surface area contributed by atoms with E-state index >= 15 is 0 Å². The molecule has 0 bridgehead atoms. The average molecular weight is 400 g/mol. The number of piperazine rings is 2. The van der Waals surface area contributed by atoms with E-state index in [-0.39, 0.29) is 23.9 Å². The molecule has 1 aliphatic carbocycles. The van der Waals surface area contributed by atoms with Crippen molar-refractivity contribution in [2.45, 2.75) is 63.7 Å². The Morgan fingerprint density at radius 1 is 1.14 bits per heavy atom. The number of rotatable bonds is 4. The maximum Gasteiger partial charge on any atom is 0.245 e. The predicted molar refractivity (Wildman–Crippen MR) is 111 cm³/mol. The minimum Gasteiger partial charge on any atom is -0.349 e. The number of pyridine rings is 1. The summed E-state index contributed by atoms with van der Waals surface area (Å²) in [6, 6.07) is 6.26. The number of nitrogens with one attached hydrogen (secondary N) is 1. The molecule has 2 amide bonds. The molecule has 3 fully saturated rings. The van der Waals surface area contributed by atoms with Crippen molar-refractivity contribution in [1.29, 1.82) is 0 Å². The van der Waals surface area contributed by atoms with Gasteiger partial charge in [-0.2, -0.15) is 0 Å². The fourth-order valence-corrected chi connectivity index (χ4v) is 5.05. The minimum atomic E-state index is -0.781. The van der Waals surface area contributed by atoms with Crippen LogP contribution in [0, 0.1) is 0 Å². The van der Waals surface area contributed by atoms with Gasteiger partial charge in [0.15, 0.2) is 0 Å². The summed E-state index contributed by atoms with van der Waals surface area (Å²) in [7, 11) is 0. The van der Waals surface area contributed by atoms with Gasteiger partial charge in [0, 0.05) is 45.0 Å². The Bertz CT molecular complexity index is 730. The molecule has 4 rings (SSSR count). The molecule has 1 aromatic rings. The third kappa shape index (κ3) is 4.31. The maximum atomic E-state index is 13.3. The summed E-state index contributed by atoms with van der Waals surface area (Å²) in [5.74, 6) is 0.0779. The molecule has 3 aliphatic rings. The summed E-state index contributed by atoms with van der Waals surface area (Å²) >= 11 is 0. The third-order valence-corrected chi connectivity index (χ3v) is 6.74. The second-order valence-electron chi connectivity index (χ2n) is 9.13. The molecule has 1 saturated carbocycles. The highest BCUT2D eigenvalue weighted by Crippen LogP contribution is 2.33. The van der Waals surface area contributed by atoms with E-state index in [1.54, 1.807) is 0 Å². The van der Waals surface area contributed by atoms with E-state index in [1.807, 2.05) is 37.1 Å². The molecule has 0 aromatic carbocycles. The first-order valence-electron chi connectivity index (χ1n) is 10.9. The zero-order valence-electron chi connectivity index (χ0n) is 17.6. The van der Waals surface area contributed by atoms with Crippen molar-refractivity contribution < 1.29 is 9.59 Å². The molecule has 158 valence electrons. The first-order chi connectivity index (χ1) is 13.9. The Balaban J connectivity index is 1.35. The van der Waals surface area contributed by atoms with Crippen LogP contribution in [0.3, 0.4) is 0 Å². The van der Waals surface area contributed by atoms with Crippen molar-refractivity contribution in [1.82, 2.24) is 25.0 Å². The highest BCUT2D eigenvalue weighted by atomic mass is 16.2. The van der Waals surface area contributed by atoms with Crippen LogP contribution in [0.25, 0.3) is 0 Å². The van der Waals surface area contributed by atoms with Gasteiger partial charge < -0.3 is 10.2 Å². The third-order valence-electron chi connectivity index (χ3n) is 6.74. The lowest BCUT2D eigenvalue weighted by molar-refractivity contribution is -0.158. The van der Waals surface area contributed by atoms with Crippen LogP contribution in [-0.4, -0.2) is 81.8 Å². The fraction of sp³-hybridized carbons (Fsp3) is 0.682. The van der Waals surface area contributed by atoms with Gasteiger partial charge in [-0.3, -0.25) is 24.4 Å². The molecule has 29 heavy (non-hydrogen) atoms. The Kier molecular flexibility index (Phi) is 5.88. The van der Waals surface area contributed by atoms with Gasteiger partial charge in [-0.1, -0.05) is 18.9 Å². The summed E-state index contributed by atoms with van der Waals surface area (Å²) in [6.07, 6.45) is 6.05. The summed E-state index contributed by atoms with van der Waals surface area (Å²) in [5, 5.41) is 3.17. The van der Waals surface area contributed by atoms with E-state index in [2.05, 4.69) is 26.2 Å². The lowest BCUT2D eigenvalue weighted by atomic mass is 9.82. The van der Waals surface area contributed by atoms with Gasteiger partial charge in [-0.15, -0.1) is 0 Å². The van der Waals surface area contributed by atoms with Crippen molar-refractivity contribution in [2.75, 3.05) is 32.7 Å². The lowest BCUT2D eigenvalue weighted by Crippen LogP contribution is -2.72. The number of hydrogen-bond acceptors (Lipinski definition) is 5. The minimum absolute atomic E-state index is 0.0193. The SMILES string of the molecule is CC1(C)C(=O)N[C@@H]2CCCC[C@H]2N1C(=O)CN1CCN(Cc2ccccn2)CC1. The van der Waals surface area contributed by atoms with Gasteiger partial charge in [0.2, 0.25) is 11.8 Å². The van der Waals surface area contributed by atoms with Gasteiger partial charge in [0.1, 0.15) is 5.54 Å². The molecule has 1 N–H and O–H groups in total. The molecule has 0 radical (unpaired) electrons. The molecule has 0 spiro atoms. The number of amides is 2. The zero-order valence-corrected chi connectivity index (χ0v) is 17.6. The van der Waals surface area contributed by atoms with Crippen LogP contribution in [0.5, 0.6) is 0 Å². The first-order valence-corrected chi connectivity index (χ1v) is 10.9. The predicted octanol–water partition coefficient (Wildman–Crippen LogP) is 1.25. The standard InChI is InChI=1S/C22H33N5O2/c1-22(2)21(29)24-18-8-3-4-9-19(18)27(22)20(28)16-26-13-11-25(12-14-26)15-17-7-5-6-10-23-17/h5-7,10,18-19H,3-4,8-9,11-16H2,1-2H3,(H,24,29)/t18-,19-/m1/s1. The van der Waals surface area contributed by atoms with E-state index in [0.29, 0.717) is 6.54 Å². The van der Waals surface area contributed by atoms with Crippen molar-refractivity contribution in [2.24, 2.45) is 0 Å². The van der Waals surface area contributed by atoms with Gasteiger partial charge >= 0.3 is 0 Å².